The maximum atomic E-state index is 6.01. The highest BCUT2D eigenvalue weighted by Gasteiger charge is 2.06. The van der Waals surface area contributed by atoms with Gasteiger partial charge in [0, 0.05) is 5.02 Å². The zero-order chi connectivity index (χ0) is 13.8. The van der Waals surface area contributed by atoms with Gasteiger partial charge in [-0.15, -0.1) is 0 Å². The van der Waals surface area contributed by atoms with E-state index in [2.05, 4.69) is 19.9 Å². The van der Waals surface area contributed by atoms with E-state index in [4.69, 9.17) is 22.1 Å². The molecule has 100 valence electrons. The second-order valence-electron chi connectivity index (χ2n) is 4.72. The van der Waals surface area contributed by atoms with E-state index in [1.807, 2.05) is 30.3 Å². The third-order valence-corrected chi connectivity index (χ3v) is 3.09. The minimum Gasteiger partial charge on any atom is -0.457 e. The molecule has 0 aliphatic rings. The van der Waals surface area contributed by atoms with Gasteiger partial charge < -0.3 is 10.5 Å². The van der Waals surface area contributed by atoms with Crippen molar-refractivity contribution in [3.63, 3.8) is 0 Å². The highest BCUT2D eigenvalue weighted by atomic mass is 35.5. The van der Waals surface area contributed by atoms with E-state index in [-0.39, 0.29) is 0 Å². The van der Waals surface area contributed by atoms with Crippen LogP contribution in [0.2, 0.25) is 5.02 Å². The molecule has 0 aliphatic heterocycles. The normalized spacial score (nSPS) is 10.5. The smallest absolute Gasteiger partial charge is 0.130 e. The van der Waals surface area contributed by atoms with Gasteiger partial charge in [0.1, 0.15) is 11.5 Å². The molecule has 19 heavy (non-hydrogen) atoms. The lowest BCUT2D eigenvalue weighted by Gasteiger charge is -2.12. The third-order valence-electron chi connectivity index (χ3n) is 2.86. The van der Waals surface area contributed by atoms with Gasteiger partial charge in [0.15, 0.2) is 0 Å². The molecule has 0 saturated carbocycles. The molecular weight excluding hydrogens is 258 g/mol. The highest BCUT2D eigenvalue weighted by molar-refractivity contribution is 6.30. The van der Waals surface area contributed by atoms with Crippen LogP contribution in [0.5, 0.6) is 11.5 Å². The topological polar surface area (TPSA) is 35.2 Å². The van der Waals surface area contributed by atoms with Crippen LogP contribution in [0.3, 0.4) is 0 Å². The van der Waals surface area contributed by atoms with Crippen LogP contribution < -0.4 is 10.5 Å². The molecule has 2 aromatic carbocycles. The van der Waals surface area contributed by atoms with Crippen LogP contribution in [-0.4, -0.2) is 6.54 Å². The highest BCUT2D eigenvalue weighted by Crippen LogP contribution is 2.29. The molecule has 2 N–H and O–H groups in total. The molecule has 0 spiro atoms. The molecule has 0 saturated heterocycles. The van der Waals surface area contributed by atoms with Crippen LogP contribution in [0.15, 0.2) is 36.4 Å². The van der Waals surface area contributed by atoms with Crippen molar-refractivity contribution in [2.45, 2.75) is 20.3 Å². The molecule has 2 nitrogen and oxygen atoms in total. The van der Waals surface area contributed by atoms with Gasteiger partial charge in [-0.05, 0) is 73.8 Å². The van der Waals surface area contributed by atoms with E-state index in [0.29, 0.717) is 11.6 Å². The second-order valence-corrected chi connectivity index (χ2v) is 5.15. The molecule has 0 aliphatic carbocycles. The Morgan fingerprint density at radius 2 is 1.74 bits per heavy atom. The number of benzene rings is 2. The Morgan fingerprint density at radius 3 is 2.37 bits per heavy atom. The lowest BCUT2D eigenvalue weighted by molar-refractivity contribution is 0.475. The van der Waals surface area contributed by atoms with Gasteiger partial charge in [-0.2, -0.15) is 0 Å². The molecule has 3 heteroatoms. The fraction of sp³-hybridized carbons (Fsp3) is 0.250. The summed E-state index contributed by atoms with van der Waals surface area (Å²) in [6.45, 7) is 4.69. The quantitative estimate of drug-likeness (QED) is 0.905. The van der Waals surface area contributed by atoms with E-state index in [0.717, 1.165) is 23.5 Å². The molecule has 0 heterocycles. The zero-order valence-electron chi connectivity index (χ0n) is 11.2. The van der Waals surface area contributed by atoms with Gasteiger partial charge in [-0.1, -0.05) is 17.7 Å². The fourth-order valence-electron chi connectivity index (χ4n) is 2.12. The first-order valence-corrected chi connectivity index (χ1v) is 6.71. The monoisotopic (exact) mass is 275 g/mol. The van der Waals surface area contributed by atoms with Gasteiger partial charge >= 0.3 is 0 Å². The number of rotatable bonds is 4. The Kier molecular flexibility index (Phi) is 4.46. The van der Waals surface area contributed by atoms with Gasteiger partial charge in [-0.25, -0.2) is 0 Å². The zero-order valence-corrected chi connectivity index (χ0v) is 12.0. The SMILES string of the molecule is Cc1cc(C)cc(Oc2ccc(Cl)cc2CCN)c1. The Hall–Kier alpha value is -1.51. The van der Waals surface area contributed by atoms with Crippen molar-refractivity contribution >= 4 is 11.6 Å². The minimum atomic E-state index is 0.573. The number of hydrogen-bond donors (Lipinski definition) is 1. The standard InChI is InChI=1S/C16H18ClNO/c1-11-7-12(2)9-15(8-11)19-16-4-3-14(17)10-13(16)5-6-18/h3-4,7-10H,5-6,18H2,1-2H3. The maximum absolute atomic E-state index is 6.01. The van der Waals surface area contributed by atoms with Crippen molar-refractivity contribution in [1.29, 1.82) is 0 Å². The first-order valence-electron chi connectivity index (χ1n) is 6.33. The van der Waals surface area contributed by atoms with E-state index in [1.54, 1.807) is 0 Å². The molecule has 2 rings (SSSR count). The summed E-state index contributed by atoms with van der Waals surface area (Å²) >= 11 is 6.01. The van der Waals surface area contributed by atoms with Crippen molar-refractivity contribution in [3.8, 4) is 11.5 Å². The van der Waals surface area contributed by atoms with Crippen molar-refractivity contribution in [2.24, 2.45) is 5.73 Å². The lowest BCUT2D eigenvalue weighted by Crippen LogP contribution is -2.04. The molecule has 0 amide bonds. The summed E-state index contributed by atoms with van der Waals surface area (Å²) in [5.74, 6) is 1.66. The molecule has 0 unspecified atom stereocenters. The molecule has 0 bridgehead atoms. The fourth-order valence-corrected chi connectivity index (χ4v) is 2.31. The second kappa shape index (κ2) is 6.09. The first kappa shape index (κ1) is 13.9. The number of hydrogen-bond acceptors (Lipinski definition) is 2. The first-order chi connectivity index (χ1) is 9.08. The summed E-state index contributed by atoms with van der Waals surface area (Å²) in [4.78, 5) is 0. The minimum absolute atomic E-state index is 0.573. The number of aryl methyl sites for hydroxylation is 2. The Bertz CT molecular complexity index is 561. The average molecular weight is 276 g/mol. The van der Waals surface area contributed by atoms with E-state index in [1.165, 1.54) is 11.1 Å². The molecular formula is C16H18ClNO. The molecule has 0 radical (unpaired) electrons. The Morgan fingerprint density at radius 1 is 1.05 bits per heavy atom. The lowest BCUT2D eigenvalue weighted by atomic mass is 10.1. The van der Waals surface area contributed by atoms with Gasteiger partial charge in [-0.3, -0.25) is 0 Å². The maximum Gasteiger partial charge on any atom is 0.130 e. The van der Waals surface area contributed by atoms with E-state index >= 15 is 0 Å². The molecule has 2 aromatic rings. The van der Waals surface area contributed by atoms with Crippen LogP contribution in [0.4, 0.5) is 0 Å². The van der Waals surface area contributed by atoms with Gasteiger partial charge in [0.25, 0.3) is 0 Å². The molecule has 0 fully saturated rings. The summed E-state index contributed by atoms with van der Waals surface area (Å²) in [7, 11) is 0. The van der Waals surface area contributed by atoms with Crippen molar-refractivity contribution in [2.75, 3.05) is 6.54 Å². The average Bonchev–Trinajstić information content (AvgIpc) is 2.32. The predicted molar refractivity (Wildman–Crippen MR) is 80.2 cm³/mol. The number of halogens is 1. The largest absolute Gasteiger partial charge is 0.457 e. The summed E-state index contributed by atoms with van der Waals surface area (Å²) in [6.07, 6.45) is 0.751. The van der Waals surface area contributed by atoms with Gasteiger partial charge in [0.05, 0.1) is 0 Å². The predicted octanol–water partition coefficient (Wildman–Crippen LogP) is 4.25. The Balaban J connectivity index is 2.31. The van der Waals surface area contributed by atoms with Gasteiger partial charge in [0.2, 0.25) is 0 Å². The Labute approximate surface area is 119 Å². The summed E-state index contributed by atoms with van der Waals surface area (Å²) in [5.41, 5.74) is 9.03. The summed E-state index contributed by atoms with van der Waals surface area (Å²) in [6, 6.07) is 11.8. The van der Waals surface area contributed by atoms with Crippen LogP contribution in [0, 0.1) is 13.8 Å². The van der Waals surface area contributed by atoms with Crippen LogP contribution >= 0.6 is 11.6 Å². The number of ether oxygens (including phenoxy) is 1. The van der Waals surface area contributed by atoms with Crippen LogP contribution in [-0.2, 0) is 6.42 Å². The third kappa shape index (κ3) is 3.72. The van der Waals surface area contributed by atoms with E-state index in [9.17, 15) is 0 Å². The van der Waals surface area contributed by atoms with E-state index < -0.39 is 0 Å². The van der Waals surface area contributed by atoms with Crippen LogP contribution in [0.25, 0.3) is 0 Å². The van der Waals surface area contributed by atoms with Crippen LogP contribution in [0.1, 0.15) is 16.7 Å². The van der Waals surface area contributed by atoms with Crippen molar-refractivity contribution in [1.82, 2.24) is 0 Å². The summed E-state index contributed by atoms with van der Waals surface area (Å²) < 4.78 is 5.96. The summed E-state index contributed by atoms with van der Waals surface area (Å²) in [5, 5.41) is 0.705. The molecule has 0 aromatic heterocycles. The van der Waals surface area contributed by atoms with Crippen molar-refractivity contribution in [3.05, 3.63) is 58.1 Å². The molecule has 0 atom stereocenters. The number of nitrogens with two attached hydrogens (primary N) is 1. The van der Waals surface area contributed by atoms with Crippen molar-refractivity contribution < 1.29 is 4.74 Å².